The van der Waals surface area contributed by atoms with Crippen molar-refractivity contribution in [1.82, 2.24) is 19.6 Å². The van der Waals surface area contributed by atoms with Crippen LogP contribution in [0.15, 0.2) is 84.5 Å². The highest BCUT2D eigenvalue weighted by Crippen LogP contribution is 2.50. The van der Waals surface area contributed by atoms with Crippen LogP contribution in [0.3, 0.4) is 0 Å². The quantitative estimate of drug-likeness (QED) is 0.308. The molecule has 0 amide bonds. The minimum Gasteiger partial charge on any atom is -0.497 e. The van der Waals surface area contributed by atoms with Gasteiger partial charge in [0.2, 0.25) is 5.88 Å². The van der Waals surface area contributed by atoms with Crippen molar-refractivity contribution in [3.05, 3.63) is 101 Å². The smallest absolute Gasteiger partial charge is 0.228 e. The number of thiophene rings is 1. The van der Waals surface area contributed by atoms with Gasteiger partial charge >= 0.3 is 0 Å². The molecule has 0 saturated heterocycles. The molecule has 0 fully saturated rings. The number of hydrogen-bond donors (Lipinski definition) is 0. The first-order chi connectivity index (χ1) is 16.8. The van der Waals surface area contributed by atoms with Crippen molar-refractivity contribution in [2.45, 2.75) is 5.92 Å². The third kappa shape index (κ3) is 2.84. The maximum atomic E-state index is 6.48. The molecule has 3 aromatic carbocycles. The number of rotatable bonds is 3. The van der Waals surface area contributed by atoms with E-state index in [0.717, 1.165) is 49.5 Å². The lowest BCUT2D eigenvalue weighted by atomic mass is 9.83. The molecule has 1 atom stereocenters. The average Bonchev–Trinajstić information content (AvgIpc) is 3.57. The fraction of sp³-hybridized carbons (Fsp3) is 0.0741. The summed E-state index contributed by atoms with van der Waals surface area (Å²) < 4.78 is 13.6. The standard InChI is InChI=1S/C27H18N4O2S/c1-32-18-11-8-17(9-12-18)22-20-13-10-16-5-2-3-6-19(16)24(20)33-27-23(22)26-29-25(21-7-4-14-34-21)30-31(26)15-28-27/h2-15,22H,1H3/t22-/m1/s1. The molecule has 7 rings (SSSR count). The summed E-state index contributed by atoms with van der Waals surface area (Å²) in [5, 5.41) is 8.92. The summed E-state index contributed by atoms with van der Waals surface area (Å²) in [5.41, 5.74) is 3.84. The molecule has 0 N–H and O–H groups in total. The van der Waals surface area contributed by atoms with Crippen molar-refractivity contribution in [3.8, 4) is 28.1 Å². The molecule has 1 aliphatic rings. The Morgan fingerprint density at radius 2 is 1.85 bits per heavy atom. The predicted octanol–water partition coefficient (Wildman–Crippen LogP) is 6.30. The van der Waals surface area contributed by atoms with Gasteiger partial charge in [0.1, 0.15) is 17.8 Å². The number of methoxy groups -OCH3 is 1. The van der Waals surface area contributed by atoms with Gasteiger partial charge in [0, 0.05) is 16.9 Å². The van der Waals surface area contributed by atoms with E-state index in [4.69, 9.17) is 19.6 Å². The highest BCUT2D eigenvalue weighted by atomic mass is 32.1. The molecule has 0 unspecified atom stereocenters. The number of benzene rings is 3. The van der Waals surface area contributed by atoms with Gasteiger partial charge in [0.15, 0.2) is 11.5 Å². The molecular weight excluding hydrogens is 444 g/mol. The Hall–Kier alpha value is -4.23. The molecule has 0 spiro atoms. The molecule has 7 heteroatoms. The van der Waals surface area contributed by atoms with E-state index in [1.54, 1.807) is 29.3 Å². The summed E-state index contributed by atoms with van der Waals surface area (Å²) in [7, 11) is 1.68. The summed E-state index contributed by atoms with van der Waals surface area (Å²) in [6.45, 7) is 0. The fourth-order valence-electron chi connectivity index (χ4n) is 4.70. The minimum atomic E-state index is -0.120. The maximum absolute atomic E-state index is 6.48. The molecule has 3 aromatic heterocycles. The molecule has 0 radical (unpaired) electrons. The molecule has 6 nitrogen and oxygen atoms in total. The van der Waals surface area contributed by atoms with Crippen LogP contribution in [-0.4, -0.2) is 26.7 Å². The van der Waals surface area contributed by atoms with Gasteiger partial charge in [-0.3, -0.25) is 0 Å². The number of hydrogen-bond acceptors (Lipinski definition) is 6. The summed E-state index contributed by atoms with van der Waals surface area (Å²) in [5.74, 6) is 2.77. The zero-order valence-corrected chi connectivity index (χ0v) is 19.0. The Labute approximate surface area is 199 Å². The van der Waals surface area contributed by atoms with E-state index < -0.39 is 0 Å². The molecule has 6 aromatic rings. The van der Waals surface area contributed by atoms with Crippen molar-refractivity contribution < 1.29 is 9.47 Å². The Morgan fingerprint density at radius 3 is 2.68 bits per heavy atom. The van der Waals surface area contributed by atoms with Gasteiger partial charge in [0.05, 0.1) is 17.6 Å². The summed E-state index contributed by atoms with van der Waals surface area (Å²) in [4.78, 5) is 10.6. The number of fused-ring (bicyclic) bond motifs is 6. The first kappa shape index (κ1) is 19.3. The average molecular weight is 463 g/mol. The molecule has 0 aliphatic carbocycles. The SMILES string of the molecule is COc1ccc([C@@H]2c3ccc4ccccc4c3Oc3ncn4nc(-c5cccs5)nc4c32)cc1. The van der Waals surface area contributed by atoms with E-state index in [1.165, 1.54) is 0 Å². The van der Waals surface area contributed by atoms with Gasteiger partial charge in [-0.05, 0) is 34.5 Å². The first-order valence-electron chi connectivity index (χ1n) is 10.9. The Bertz CT molecular complexity index is 1670. The maximum Gasteiger partial charge on any atom is 0.228 e. The van der Waals surface area contributed by atoms with E-state index in [9.17, 15) is 0 Å². The predicted molar refractivity (Wildman–Crippen MR) is 132 cm³/mol. The van der Waals surface area contributed by atoms with Gasteiger partial charge in [-0.1, -0.05) is 54.6 Å². The fourth-order valence-corrected chi connectivity index (χ4v) is 5.35. The van der Waals surface area contributed by atoms with Crippen LogP contribution in [0.1, 0.15) is 22.6 Å². The van der Waals surface area contributed by atoms with E-state index >= 15 is 0 Å². The molecule has 34 heavy (non-hydrogen) atoms. The lowest BCUT2D eigenvalue weighted by Crippen LogP contribution is -2.15. The monoisotopic (exact) mass is 462 g/mol. The van der Waals surface area contributed by atoms with Crippen LogP contribution in [0.2, 0.25) is 0 Å². The molecule has 1 aliphatic heterocycles. The molecule has 0 bridgehead atoms. The molecule has 164 valence electrons. The van der Waals surface area contributed by atoms with E-state index in [0.29, 0.717) is 11.7 Å². The second-order valence-corrected chi connectivity index (χ2v) is 9.11. The van der Waals surface area contributed by atoms with Crippen molar-refractivity contribution in [2.24, 2.45) is 0 Å². The van der Waals surface area contributed by atoms with Crippen LogP contribution in [0, 0.1) is 0 Å². The van der Waals surface area contributed by atoms with Crippen molar-refractivity contribution in [2.75, 3.05) is 7.11 Å². The van der Waals surface area contributed by atoms with Crippen LogP contribution in [-0.2, 0) is 0 Å². The highest BCUT2D eigenvalue weighted by Gasteiger charge is 2.34. The molecule has 0 saturated carbocycles. The number of aromatic nitrogens is 4. The van der Waals surface area contributed by atoms with Gasteiger partial charge in [-0.15, -0.1) is 16.4 Å². The van der Waals surface area contributed by atoms with E-state index in [-0.39, 0.29) is 5.92 Å². The van der Waals surface area contributed by atoms with Gasteiger partial charge in [-0.2, -0.15) is 0 Å². The third-order valence-corrected chi connectivity index (χ3v) is 7.15. The Morgan fingerprint density at radius 1 is 0.971 bits per heavy atom. The zero-order chi connectivity index (χ0) is 22.6. The van der Waals surface area contributed by atoms with Crippen LogP contribution >= 0.6 is 11.3 Å². The summed E-state index contributed by atoms with van der Waals surface area (Å²) >= 11 is 1.62. The molecular formula is C27H18N4O2S. The van der Waals surface area contributed by atoms with Crippen LogP contribution < -0.4 is 9.47 Å². The molecule has 4 heterocycles. The van der Waals surface area contributed by atoms with Crippen molar-refractivity contribution in [1.29, 1.82) is 0 Å². The summed E-state index contributed by atoms with van der Waals surface area (Å²) in [6, 6.07) is 24.7. The zero-order valence-electron chi connectivity index (χ0n) is 18.2. The third-order valence-electron chi connectivity index (χ3n) is 6.29. The van der Waals surface area contributed by atoms with Crippen molar-refractivity contribution >= 4 is 27.8 Å². The summed E-state index contributed by atoms with van der Waals surface area (Å²) in [6.07, 6.45) is 1.68. The van der Waals surface area contributed by atoms with E-state index in [2.05, 4.69) is 41.4 Å². The van der Waals surface area contributed by atoms with Crippen LogP contribution in [0.4, 0.5) is 0 Å². The number of nitrogens with zero attached hydrogens (tertiary/aromatic N) is 4. The minimum absolute atomic E-state index is 0.120. The van der Waals surface area contributed by atoms with Crippen LogP contribution in [0.5, 0.6) is 17.4 Å². The lowest BCUT2D eigenvalue weighted by molar-refractivity contribution is 0.414. The second kappa shape index (κ2) is 7.40. The van der Waals surface area contributed by atoms with E-state index in [1.807, 2.05) is 41.8 Å². The highest BCUT2D eigenvalue weighted by molar-refractivity contribution is 7.13. The largest absolute Gasteiger partial charge is 0.497 e. The second-order valence-electron chi connectivity index (χ2n) is 8.16. The van der Waals surface area contributed by atoms with Gasteiger partial charge in [-0.25, -0.2) is 14.5 Å². The van der Waals surface area contributed by atoms with Gasteiger partial charge < -0.3 is 9.47 Å². The first-order valence-corrected chi connectivity index (χ1v) is 11.8. The van der Waals surface area contributed by atoms with Crippen LogP contribution in [0.25, 0.3) is 27.1 Å². The number of ether oxygens (including phenoxy) is 2. The van der Waals surface area contributed by atoms with Crippen molar-refractivity contribution in [3.63, 3.8) is 0 Å². The normalized spacial score (nSPS) is 14.6. The Kier molecular flexibility index (Phi) is 4.19. The lowest BCUT2D eigenvalue weighted by Gasteiger charge is -2.28. The topological polar surface area (TPSA) is 61.5 Å². The van der Waals surface area contributed by atoms with Gasteiger partial charge in [0.25, 0.3) is 0 Å². The Balaban J connectivity index is 1.52.